The third-order valence-corrected chi connectivity index (χ3v) is 3.44. The van der Waals surface area contributed by atoms with Crippen molar-refractivity contribution in [2.45, 2.75) is 12.8 Å². The van der Waals surface area contributed by atoms with Gasteiger partial charge in [0, 0.05) is 17.9 Å². The van der Waals surface area contributed by atoms with Crippen molar-refractivity contribution in [3.63, 3.8) is 0 Å². The van der Waals surface area contributed by atoms with Crippen molar-refractivity contribution in [3.05, 3.63) is 28.9 Å². The summed E-state index contributed by atoms with van der Waals surface area (Å²) >= 11 is 11.4. The van der Waals surface area contributed by atoms with Crippen molar-refractivity contribution in [3.8, 4) is 11.5 Å². The Balaban J connectivity index is 2.03. The van der Waals surface area contributed by atoms with E-state index in [1.54, 1.807) is 6.07 Å². The molecule has 3 rings (SSSR count). The van der Waals surface area contributed by atoms with E-state index >= 15 is 0 Å². The second kappa shape index (κ2) is 4.87. The molecule has 4 nitrogen and oxygen atoms in total. The maximum Gasteiger partial charge on any atom is 0.231 e. The Morgan fingerprint density at radius 1 is 1.26 bits per heavy atom. The monoisotopic (exact) mass is 297 g/mol. The first-order chi connectivity index (χ1) is 9.13. The summed E-state index contributed by atoms with van der Waals surface area (Å²) in [6.45, 7) is 0.215. The number of halogens is 2. The van der Waals surface area contributed by atoms with Crippen molar-refractivity contribution >= 4 is 39.3 Å². The summed E-state index contributed by atoms with van der Waals surface area (Å²) < 4.78 is 10.6. The molecule has 0 atom stereocenters. The van der Waals surface area contributed by atoms with Gasteiger partial charge < -0.3 is 9.47 Å². The molecule has 0 fully saturated rings. The van der Waals surface area contributed by atoms with Crippen LogP contribution in [0.5, 0.6) is 11.5 Å². The standard InChI is InChI=1S/C13H9Cl2NO3/c14-12(17)2-1-7-3-8-4-10-11(19-6-18-10)5-9(8)16-13(7)15/h3-5H,1-2,6H2. The molecule has 2 aromatic rings. The number of fused-ring (bicyclic) bond motifs is 2. The van der Waals surface area contributed by atoms with E-state index in [2.05, 4.69) is 4.98 Å². The number of benzene rings is 1. The third-order valence-electron chi connectivity index (χ3n) is 2.93. The van der Waals surface area contributed by atoms with Gasteiger partial charge in [0.05, 0.1) is 5.52 Å². The molecular weight excluding hydrogens is 289 g/mol. The maximum atomic E-state index is 10.8. The minimum Gasteiger partial charge on any atom is -0.454 e. The van der Waals surface area contributed by atoms with Crippen LogP contribution in [0.25, 0.3) is 10.9 Å². The fraction of sp³-hybridized carbons (Fsp3) is 0.231. The minimum atomic E-state index is -0.387. The highest BCUT2D eigenvalue weighted by Crippen LogP contribution is 2.36. The lowest BCUT2D eigenvalue weighted by atomic mass is 10.1. The van der Waals surface area contributed by atoms with Crippen LogP contribution in [0, 0.1) is 0 Å². The van der Waals surface area contributed by atoms with E-state index < -0.39 is 0 Å². The molecule has 1 aliphatic rings. The molecule has 0 spiro atoms. The Bertz CT molecular complexity index is 672. The molecule has 0 saturated heterocycles. The van der Waals surface area contributed by atoms with Gasteiger partial charge in [-0.25, -0.2) is 4.98 Å². The van der Waals surface area contributed by atoms with Gasteiger partial charge in [-0.15, -0.1) is 0 Å². The van der Waals surface area contributed by atoms with E-state index in [9.17, 15) is 4.79 Å². The van der Waals surface area contributed by atoms with Gasteiger partial charge in [-0.3, -0.25) is 4.79 Å². The predicted octanol–water partition coefficient (Wildman–Crippen LogP) is 3.31. The number of nitrogens with zero attached hydrogens (tertiary/aromatic N) is 1. The number of pyridine rings is 1. The summed E-state index contributed by atoms with van der Waals surface area (Å²) in [4.78, 5) is 15.1. The molecule has 0 bridgehead atoms. The van der Waals surface area contributed by atoms with Gasteiger partial charge in [0.1, 0.15) is 5.15 Å². The number of hydrogen-bond donors (Lipinski definition) is 0. The van der Waals surface area contributed by atoms with Crippen LogP contribution in [0.2, 0.25) is 5.15 Å². The third kappa shape index (κ3) is 2.46. The van der Waals surface area contributed by atoms with Crippen molar-refractivity contribution in [2.24, 2.45) is 0 Å². The zero-order chi connectivity index (χ0) is 13.4. The first-order valence-corrected chi connectivity index (χ1v) is 6.46. The molecule has 0 N–H and O–H groups in total. The normalized spacial score (nSPS) is 12.9. The largest absolute Gasteiger partial charge is 0.454 e. The van der Waals surface area contributed by atoms with Gasteiger partial charge in [0.2, 0.25) is 12.0 Å². The number of hydrogen-bond acceptors (Lipinski definition) is 4. The Morgan fingerprint density at radius 3 is 2.74 bits per heavy atom. The van der Waals surface area contributed by atoms with Crippen molar-refractivity contribution in [2.75, 3.05) is 6.79 Å². The van der Waals surface area contributed by atoms with Crippen LogP contribution >= 0.6 is 23.2 Å². The van der Waals surface area contributed by atoms with E-state index in [-0.39, 0.29) is 18.5 Å². The minimum absolute atomic E-state index is 0.215. The van der Waals surface area contributed by atoms with Crippen molar-refractivity contribution in [1.82, 2.24) is 4.98 Å². The summed E-state index contributed by atoms with van der Waals surface area (Å²) in [5, 5.41) is 0.886. The van der Waals surface area contributed by atoms with E-state index in [1.165, 1.54) is 0 Å². The number of aryl methyl sites for hydroxylation is 1. The average Bonchev–Trinajstić information content (AvgIpc) is 2.80. The van der Waals surface area contributed by atoms with Crippen LogP contribution in [0.15, 0.2) is 18.2 Å². The Morgan fingerprint density at radius 2 is 2.00 bits per heavy atom. The molecule has 19 heavy (non-hydrogen) atoms. The lowest BCUT2D eigenvalue weighted by molar-refractivity contribution is -0.111. The Hall–Kier alpha value is -1.52. The molecule has 0 unspecified atom stereocenters. The van der Waals surface area contributed by atoms with Gasteiger partial charge in [-0.1, -0.05) is 11.6 Å². The number of carbonyl (C=O) groups is 1. The van der Waals surface area contributed by atoms with E-state index in [4.69, 9.17) is 32.7 Å². The number of ether oxygens (including phenoxy) is 2. The summed E-state index contributed by atoms with van der Waals surface area (Å²) in [6, 6.07) is 5.54. The van der Waals surface area contributed by atoms with Crippen LogP contribution in [0.1, 0.15) is 12.0 Å². The second-order valence-corrected chi connectivity index (χ2v) is 4.97. The smallest absolute Gasteiger partial charge is 0.231 e. The van der Waals surface area contributed by atoms with Gasteiger partial charge >= 0.3 is 0 Å². The lowest BCUT2D eigenvalue weighted by Gasteiger charge is -2.06. The molecule has 0 saturated carbocycles. The SMILES string of the molecule is O=C(Cl)CCc1cc2cc3c(cc2nc1Cl)OCO3. The van der Waals surface area contributed by atoms with Crippen molar-refractivity contribution in [1.29, 1.82) is 0 Å². The van der Waals surface area contributed by atoms with Gasteiger partial charge in [-0.2, -0.15) is 0 Å². The zero-order valence-corrected chi connectivity index (χ0v) is 11.3. The molecule has 0 radical (unpaired) electrons. The Kier molecular flexibility index (Phi) is 3.21. The fourth-order valence-corrected chi connectivity index (χ4v) is 2.33. The highest BCUT2D eigenvalue weighted by molar-refractivity contribution is 6.63. The van der Waals surface area contributed by atoms with Crippen LogP contribution < -0.4 is 9.47 Å². The molecule has 0 aliphatic carbocycles. The van der Waals surface area contributed by atoms with Gasteiger partial charge in [-0.05, 0) is 35.7 Å². The highest BCUT2D eigenvalue weighted by Gasteiger charge is 2.16. The van der Waals surface area contributed by atoms with Crippen LogP contribution in [0.3, 0.4) is 0 Å². The molecule has 0 amide bonds. The quantitative estimate of drug-likeness (QED) is 0.644. The average molecular weight is 298 g/mol. The number of rotatable bonds is 3. The topological polar surface area (TPSA) is 48.4 Å². The maximum absolute atomic E-state index is 10.8. The van der Waals surface area contributed by atoms with Crippen LogP contribution in [0.4, 0.5) is 0 Å². The predicted molar refractivity (Wildman–Crippen MR) is 72.1 cm³/mol. The molecule has 1 aromatic carbocycles. The zero-order valence-electron chi connectivity index (χ0n) is 9.78. The molecule has 1 aliphatic heterocycles. The van der Waals surface area contributed by atoms with E-state index in [0.717, 1.165) is 16.5 Å². The highest BCUT2D eigenvalue weighted by atomic mass is 35.5. The molecular formula is C13H9Cl2NO3. The first kappa shape index (κ1) is 12.5. The summed E-state index contributed by atoms with van der Waals surface area (Å²) in [5.41, 5.74) is 1.53. The molecule has 98 valence electrons. The lowest BCUT2D eigenvalue weighted by Crippen LogP contribution is -1.95. The van der Waals surface area contributed by atoms with Crippen LogP contribution in [-0.4, -0.2) is 17.0 Å². The number of aromatic nitrogens is 1. The summed E-state index contributed by atoms with van der Waals surface area (Å²) in [7, 11) is 0. The van der Waals surface area contributed by atoms with Crippen LogP contribution in [-0.2, 0) is 11.2 Å². The number of carbonyl (C=O) groups excluding carboxylic acids is 1. The molecule has 2 heterocycles. The first-order valence-electron chi connectivity index (χ1n) is 5.70. The van der Waals surface area contributed by atoms with Gasteiger partial charge in [0.15, 0.2) is 11.5 Å². The van der Waals surface area contributed by atoms with Crippen molar-refractivity contribution < 1.29 is 14.3 Å². The molecule has 1 aromatic heterocycles. The summed E-state index contributed by atoms with van der Waals surface area (Å²) in [6.07, 6.45) is 0.706. The van der Waals surface area contributed by atoms with E-state index in [1.807, 2.05) is 12.1 Å². The molecule has 6 heteroatoms. The van der Waals surface area contributed by atoms with Gasteiger partial charge in [0.25, 0.3) is 0 Å². The Labute approximate surface area is 119 Å². The summed E-state index contributed by atoms with van der Waals surface area (Å²) in [5.74, 6) is 1.36. The second-order valence-electron chi connectivity index (χ2n) is 4.19. The fourth-order valence-electron chi connectivity index (χ4n) is 1.99. The van der Waals surface area contributed by atoms with E-state index in [0.29, 0.717) is 23.1 Å².